The van der Waals surface area contributed by atoms with E-state index in [0.29, 0.717) is 0 Å². The highest BCUT2D eigenvalue weighted by Crippen LogP contribution is 2.41. The Balaban J connectivity index is 0.940. The summed E-state index contributed by atoms with van der Waals surface area (Å²) in [7, 11) is 0. The van der Waals surface area contributed by atoms with Gasteiger partial charge in [-0.25, -0.2) is 0 Å². The van der Waals surface area contributed by atoms with Crippen molar-refractivity contribution in [3.8, 4) is 44.8 Å². The molecular formula is C60H38N2. The van der Waals surface area contributed by atoms with Gasteiger partial charge in [0.15, 0.2) is 0 Å². The molecule has 0 atom stereocenters. The normalized spacial score (nSPS) is 11.9. The van der Waals surface area contributed by atoms with Gasteiger partial charge in [-0.1, -0.05) is 164 Å². The van der Waals surface area contributed by atoms with Crippen molar-refractivity contribution in [2.75, 3.05) is 0 Å². The second kappa shape index (κ2) is 13.7. The lowest BCUT2D eigenvalue weighted by Gasteiger charge is -2.15. The molecule has 0 N–H and O–H groups in total. The third kappa shape index (κ3) is 5.30. The molecule has 0 saturated carbocycles. The number of rotatable bonds is 5. The third-order valence-electron chi connectivity index (χ3n) is 13.1. The zero-order chi connectivity index (χ0) is 40.7. The maximum absolute atomic E-state index is 2.44. The lowest BCUT2D eigenvalue weighted by atomic mass is 9.91. The van der Waals surface area contributed by atoms with Gasteiger partial charge in [0.05, 0.1) is 22.1 Å². The monoisotopic (exact) mass is 786 g/mol. The molecular weight excluding hydrogens is 749 g/mol. The second-order valence-corrected chi connectivity index (χ2v) is 16.5. The summed E-state index contributed by atoms with van der Waals surface area (Å²) in [4.78, 5) is 0. The maximum atomic E-state index is 2.44. The van der Waals surface area contributed by atoms with Crippen LogP contribution in [0.3, 0.4) is 0 Å². The molecule has 0 spiro atoms. The summed E-state index contributed by atoms with van der Waals surface area (Å²) in [6.07, 6.45) is 0. The first-order valence-electron chi connectivity index (χ1n) is 21.4. The highest BCUT2D eigenvalue weighted by Gasteiger charge is 2.18. The summed E-state index contributed by atoms with van der Waals surface area (Å²) < 4.78 is 4.84. The summed E-state index contributed by atoms with van der Waals surface area (Å²) in [5.41, 5.74) is 14.4. The van der Waals surface area contributed by atoms with Gasteiger partial charge in [0.2, 0.25) is 0 Å². The minimum absolute atomic E-state index is 1.15. The second-order valence-electron chi connectivity index (χ2n) is 16.5. The smallest absolute Gasteiger partial charge is 0.0541 e. The van der Waals surface area contributed by atoms with Crippen molar-refractivity contribution in [1.82, 2.24) is 9.13 Å². The first-order valence-corrected chi connectivity index (χ1v) is 21.4. The molecule has 62 heavy (non-hydrogen) atoms. The quantitative estimate of drug-likeness (QED) is 0.154. The van der Waals surface area contributed by atoms with Crippen molar-refractivity contribution < 1.29 is 0 Å². The molecule has 0 aliphatic rings. The molecule has 0 fully saturated rings. The van der Waals surface area contributed by atoms with Crippen LogP contribution in [-0.2, 0) is 0 Å². The predicted octanol–water partition coefficient (Wildman–Crippen LogP) is 16.3. The van der Waals surface area contributed by atoms with Crippen LogP contribution in [0.2, 0.25) is 0 Å². The van der Waals surface area contributed by atoms with Gasteiger partial charge in [-0.05, 0) is 132 Å². The summed E-state index contributed by atoms with van der Waals surface area (Å²) in [5.74, 6) is 0. The molecule has 0 saturated heterocycles. The molecule has 2 heteroatoms. The van der Waals surface area contributed by atoms with Gasteiger partial charge in [-0.2, -0.15) is 0 Å². The Bertz CT molecular complexity index is 3900. The molecule has 2 nitrogen and oxygen atoms in total. The third-order valence-corrected chi connectivity index (χ3v) is 13.1. The fraction of sp³-hybridized carbons (Fsp3) is 0. The van der Waals surface area contributed by atoms with Crippen LogP contribution in [-0.4, -0.2) is 9.13 Å². The van der Waals surface area contributed by atoms with Gasteiger partial charge in [0.25, 0.3) is 0 Å². The molecule has 0 radical (unpaired) electrons. The number of hydrogen-bond acceptors (Lipinski definition) is 0. The first-order chi connectivity index (χ1) is 30.7. The van der Waals surface area contributed by atoms with Gasteiger partial charge in [0, 0.05) is 32.9 Å². The number of hydrogen-bond donors (Lipinski definition) is 0. The van der Waals surface area contributed by atoms with Gasteiger partial charge in [-0.3, -0.25) is 0 Å². The summed E-state index contributed by atoms with van der Waals surface area (Å²) in [6, 6.07) is 84.8. The number of fused-ring (bicyclic) bond motifs is 11. The maximum Gasteiger partial charge on any atom is 0.0541 e. The summed E-state index contributed by atoms with van der Waals surface area (Å²) in [6.45, 7) is 0. The van der Waals surface area contributed by atoms with Crippen molar-refractivity contribution in [3.63, 3.8) is 0 Å². The predicted molar refractivity (Wildman–Crippen MR) is 264 cm³/mol. The van der Waals surface area contributed by atoms with Crippen LogP contribution in [0.15, 0.2) is 231 Å². The van der Waals surface area contributed by atoms with Crippen LogP contribution in [0, 0.1) is 0 Å². The van der Waals surface area contributed by atoms with Crippen molar-refractivity contribution in [1.29, 1.82) is 0 Å². The van der Waals surface area contributed by atoms with E-state index in [2.05, 4.69) is 240 Å². The first kappa shape index (κ1) is 34.6. The Morgan fingerprint density at radius 2 is 0.710 bits per heavy atom. The fourth-order valence-electron chi connectivity index (χ4n) is 10.2. The van der Waals surface area contributed by atoms with Crippen molar-refractivity contribution in [2.24, 2.45) is 0 Å². The molecule has 0 bridgehead atoms. The highest BCUT2D eigenvalue weighted by atomic mass is 15.0. The van der Waals surface area contributed by atoms with E-state index in [1.807, 2.05) is 0 Å². The van der Waals surface area contributed by atoms with Crippen LogP contribution in [0.5, 0.6) is 0 Å². The van der Waals surface area contributed by atoms with Crippen molar-refractivity contribution in [2.45, 2.75) is 0 Å². The van der Waals surface area contributed by atoms with Gasteiger partial charge < -0.3 is 9.13 Å². The molecule has 0 amide bonds. The Hall–Kier alpha value is -8.20. The van der Waals surface area contributed by atoms with Crippen LogP contribution in [0.25, 0.3) is 121 Å². The summed E-state index contributed by atoms with van der Waals surface area (Å²) >= 11 is 0. The summed E-state index contributed by atoms with van der Waals surface area (Å²) in [5, 5.41) is 12.6. The zero-order valence-corrected chi connectivity index (χ0v) is 33.8. The number of nitrogens with zero attached hydrogens (tertiary/aromatic N) is 2. The van der Waals surface area contributed by atoms with E-state index in [9.17, 15) is 0 Å². The van der Waals surface area contributed by atoms with E-state index >= 15 is 0 Å². The molecule has 2 aromatic heterocycles. The molecule has 13 aromatic rings. The standard InChI is InChI=1S/C60H38N2/c1-2-13-39(14-3-1)40-25-30-45(31-26-40)61-57-23-10-8-21-51(57)55-36-42(28-33-59(55)61)43-29-34-60-56(37-43)52-22-9-11-24-58(52)62(60)46-17-12-16-44(35-46)53-38-54-47-18-5-4-15-41(47)27-32-50(54)48-19-6-7-20-49(48)53/h1-38H. The van der Waals surface area contributed by atoms with Gasteiger partial charge in [0.1, 0.15) is 0 Å². The number of aromatic nitrogens is 2. The van der Waals surface area contributed by atoms with Crippen molar-refractivity contribution >= 4 is 75.9 Å². The molecule has 11 aromatic carbocycles. The van der Waals surface area contributed by atoms with E-state index in [0.717, 1.165) is 11.4 Å². The SMILES string of the molecule is c1ccc(-c2ccc(-n3c4ccccc4c4cc(-c5ccc6c(c5)c5ccccc5n6-c5cccc(-c6cc7c8ccccc8ccc7c7ccccc67)c5)ccc43)cc2)cc1. The van der Waals surface area contributed by atoms with Gasteiger partial charge >= 0.3 is 0 Å². The van der Waals surface area contributed by atoms with E-state index < -0.39 is 0 Å². The van der Waals surface area contributed by atoms with Crippen LogP contribution < -0.4 is 0 Å². The zero-order valence-electron chi connectivity index (χ0n) is 33.8. The van der Waals surface area contributed by atoms with Crippen molar-refractivity contribution in [3.05, 3.63) is 231 Å². The number of benzene rings is 11. The van der Waals surface area contributed by atoms with E-state index in [4.69, 9.17) is 0 Å². The Kier molecular flexibility index (Phi) is 7.64. The Morgan fingerprint density at radius 3 is 1.40 bits per heavy atom. The van der Waals surface area contributed by atoms with Crippen LogP contribution >= 0.6 is 0 Å². The number of para-hydroxylation sites is 2. The Morgan fingerprint density at radius 1 is 0.210 bits per heavy atom. The lowest BCUT2D eigenvalue weighted by molar-refractivity contribution is 1.18. The molecule has 288 valence electrons. The van der Waals surface area contributed by atoms with E-state index in [1.165, 1.54) is 109 Å². The minimum Gasteiger partial charge on any atom is -0.309 e. The van der Waals surface area contributed by atoms with Crippen LogP contribution in [0.1, 0.15) is 0 Å². The highest BCUT2D eigenvalue weighted by molar-refractivity contribution is 6.21. The fourth-order valence-corrected chi connectivity index (χ4v) is 10.2. The minimum atomic E-state index is 1.15. The van der Waals surface area contributed by atoms with E-state index in [-0.39, 0.29) is 0 Å². The lowest BCUT2D eigenvalue weighted by Crippen LogP contribution is -1.95. The average Bonchev–Trinajstić information content (AvgIpc) is 3.86. The van der Waals surface area contributed by atoms with E-state index in [1.54, 1.807) is 0 Å². The molecule has 2 heterocycles. The average molecular weight is 787 g/mol. The Labute approximate surface area is 358 Å². The molecule has 0 aliphatic heterocycles. The van der Waals surface area contributed by atoms with Crippen LogP contribution in [0.4, 0.5) is 0 Å². The van der Waals surface area contributed by atoms with Gasteiger partial charge in [-0.15, -0.1) is 0 Å². The topological polar surface area (TPSA) is 9.86 Å². The largest absolute Gasteiger partial charge is 0.309 e. The molecule has 13 rings (SSSR count). The molecule has 0 unspecified atom stereocenters. The molecule has 0 aliphatic carbocycles.